The Hall–Kier alpha value is -2.49. The van der Waals surface area contributed by atoms with E-state index in [1.54, 1.807) is 36.4 Å². The smallest absolute Gasteiger partial charge is 0.123 e. The number of nitrogens with zero attached hydrogens (tertiary/aromatic N) is 2. The lowest BCUT2D eigenvalue weighted by Crippen LogP contribution is -1.81. The first-order chi connectivity index (χ1) is 9.19. The summed E-state index contributed by atoms with van der Waals surface area (Å²) in [6, 6.07) is 10.7. The Kier molecular flexibility index (Phi) is 4.03. The van der Waals surface area contributed by atoms with Gasteiger partial charge in [-0.3, -0.25) is 0 Å². The van der Waals surface area contributed by atoms with E-state index in [1.807, 2.05) is 0 Å². The maximum atomic E-state index is 12.7. The second kappa shape index (κ2) is 5.91. The summed E-state index contributed by atoms with van der Waals surface area (Å²) in [6.45, 7) is 3.63. The molecule has 0 unspecified atom stereocenters. The molecule has 3 nitrogen and oxygen atoms in total. The van der Waals surface area contributed by atoms with Crippen LogP contribution >= 0.6 is 0 Å². The molecule has 19 heavy (non-hydrogen) atoms. The predicted molar refractivity (Wildman–Crippen MR) is 72.6 cm³/mol. The lowest BCUT2D eigenvalue weighted by atomic mass is 10.1. The van der Waals surface area contributed by atoms with Gasteiger partial charge in [-0.15, -0.1) is 6.58 Å². The van der Waals surface area contributed by atoms with Gasteiger partial charge >= 0.3 is 0 Å². The number of phenols is 1. The van der Waals surface area contributed by atoms with Crippen molar-refractivity contribution in [1.82, 2.24) is 0 Å². The first-order valence-corrected chi connectivity index (χ1v) is 5.79. The summed E-state index contributed by atoms with van der Waals surface area (Å²) in [4.78, 5) is 0. The Morgan fingerprint density at radius 3 is 2.37 bits per heavy atom. The van der Waals surface area contributed by atoms with Gasteiger partial charge in [0, 0.05) is 0 Å². The molecular weight excluding hydrogens is 243 g/mol. The number of hydrogen-bond acceptors (Lipinski definition) is 3. The van der Waals surface area contributed by atoms with Gasteiger partial charge in [0.1, 0.15) is 11.6 Å². The van der Waals surface area contributed by atoms with Crippen LogP contribution in [0.15, 0.2) is 65.3 Å². The van der Waals surface area contributed by atoms with Crippen LogP contribution in [0.1, 0.15) is 5.56 Å². The van der Waals surface area contributed by atoms with Crippen molar-refractivity contribution in [2.24, 2.45) is 10.2 Å². The molecule has 2 aromatic rings. The Morgan fingerprint density at radius 2 is 1.68 bits per heavy atom. The standard InChI is InChI=1S/C15H13FN2O/c1-2-3-11-10-14(8-9-15(11)19)18-17-13-6-4-12(16)5-7-13/h2,4-10,19H,1,3H2. The zero-order chi connectivity index (χ0) is 13.7. The number of benzene rings is 2. The molecule has 2 aromatic carbocycles. The molecule has 0 heterocycles. The number of rotatable bonds is 4. The molecule has 0 amide bonds. The molecular formula is C15H13FN2O. The molecule has 4 heteroatoms. The molecule has 0 aliphatic carbocycles. The van der Waals surface area contributed by atoms with Crippen molar-refractivity contribution in [1.29, 1.82) is 0 Å². The van der Waals surface area contributed by atoms with Gasteiger partial charge in [0.15, 0.2) is 0 Å². The summed E-state index contributed by atoms with van der Waals surface area (Å²) >= 11 is 0. The minimum Gasteiger partial charge on any atom is -0.508 e. The zero-order valence-electron chi connectivity index (χ0n) is 10.3. The van der Waals surface area contributed by atoms with Crippen molar-refractivity contribution in [2.45, 2.75) is 6.42 Å². The first-order valence-electron chi connectivity index (χ1n) is 5.79. The molecule has 0 aliphatic rings. The van der Waals surface area contributed by atoms with Crippen LogP contribution < -0.4 is 0 Å². The maximum Gasteiger partial charge on any atom is 0.123 e. The molecule has 2 rings (SSSR count). The third kappa shape index (κ3) is 3.48. The minimum atomic E-state index is -0.308. The fourth-order valence-electron chi connectivity index (χ4n) is 1.58. The maximum absolute atomic E-state index is 12.7. The number of phenolic OH excluding ortho intramolecular Hbond substituents is 1. The van der Waals surface area contributed by atoms with Crippen molar-refractivity contribution in [3.05, 3.63) is 66.5 Å². The van der Waals surface area contributed by atoms with Crippen molar-refractivity contribution >= 4 is 11.4 Å². The minimum absolute atomic E-state index is 0.209. The fourth-order valence-corrected chi connectivity index (χ4v) is 1.58. The van der Waals surface area contributed by atoms with E-state index in [2.05, 4.69) is 16.8 Å². The fraction of sp³-hybridized carbons (Fsp3) is 0.0667. The molecule has 96 valence electrons. The third-order valence-electron chi connectivity index (χ3n) is 2.53. The van der Waals surface area contributed by atoms with Gasteiger partial charge in [0.05, 0.1) is 11.4 Å². The van der Waals surface area contributed by atoms with E-state index in [4.69, 9.17) is 0 Å². The highest BCUT2D eigenvalue weighted by Gasteiger charge is 2.00. The lowest BCUT2D eigenvalue weighted by Gasteiger charge is -2.02. The van der Waals surface area contributed by atoms with Gasteiger partial charge in [-0.25, -0.2) is 4.39 Å². The van der Waals surface area contributed by atoms with Gasteiger partial charge in [-0.1, -0.05) is 6.08 Å². The summed E-state index contributed by atoms with van der Waals surface area (Å²) < 4.78 is 12.7. The molecule has 1 N–H and O–H groups in total. The number of hydrogen-bond donors (Lipinski definition) is 1. The molecule has 0 radical (unpaired) electrons. The van der Waals surface area contributed by atoms with Gasteiger partial charge in [0.2, 0.25) is 0 Å². The van der Waals surface area contributed by atoms with Gasteiger partial charge < -0.3 is 5.11 Å². The van der Waals surface area contributed by atoms with Crippen LogP contribution in [0.4, 0.5) is 15.8 Å². The molecule has 0 bridgehead atoms. The predicted octanol–water partition coefficient (Wildman–Crippen LogP) is 4.68. The number of allylic oxidation sites excluding steroid dienone is 1. The monoisotopic (exact) mass is 256 g/mol. The molecule has 0 aromatic heterocycles. The Bertz CT molecular complexity index is 606. The van der Waals surface area contributed by atoms with Crippen molar-refractivity contribution < 1.29 is 9.50 Å². The van der Waals surface area contributed by atoms with Crippen LogP contribution in [0.3, 0.4) is 0 Å². The van der Waals surface area contributed by atoms with E-state index in [0.29, 0.717) is 17.8 Å². The van der Waals surface area contributed by atoms with Crippen molar-refractivity contribution in [3.63, 3.8) is 0 Å². The molecule has 0 spiro atoms. The molecule has 0 aliphatic heterocycles. The Labute approximate surface area is 110 Å². The highest BCUT2D eigenvalue weighted by molar-refractivity contribution is 5.47. The van der Waals surface area contributed by atoms with E-state index >= 15 is 0 Å². The third-order valence-corrected chi connectivity index (χ3v) is 2.53. The summed E-state index contributed by atoms with van der Waals surface area (Å²) in [7, 11) is 0. The zero-order valence-corrected chi connectivity index (χ0v) is 10.3. The van der Waals surface area contributed by atoms with Crippen LogP contribution in [0, 0.1) is 5.82 Å². The van der Waals surface area contributed by atoms with Crippen LogP contribution in [-0.4, -0.2) is 5.11 Å². The van der Waals surface area contributed by atoms with Crippen LogP contribution in [0.5, 0.6) is 5.75 Å². The second-order valence-corrected chi connectivity index (χ2v) is 3.98. The van der Waals surface area contributed by atoms with Gasteiger partial charge in [0.25, 0.3) is 0 Å². The summed E-state index contributed by atoms with van der Waals surface area (Å²) in [6.07, 6.45) is 2.27. The molecule has 0 saturated heterocycles. The number of halogens is 1. The van der Waals surface area contributed by atoms with E-state index in [9.17, 15) is 9.50 Å². The second-order valence-electron chi connectivity index (χ2n) is 3.98. The van der Waals surface area contributed by atoms with Gasteiger partial charge in [-0.2, -0.15) is 10.2 Å². The Balaban J connectivity index is 2.20. The summed E-state index contributed by atoms with van der Waals surface area (Å²) in [5.74, 6) is -0.0996. The number of azo groups is 1. The number of aromatic hydroxyl groups is 1. The van der Waals surface area contributed by atoms with Gasteiger partial charge in [-0.05, 0) is 54.4 Å². The normalized spacial score (nSPS) is 10.8. The summed E-state index contributed by atoms with van der Waals surface area (Å²) in [5.41, 5.74) is 1.93. The average Bonchev–Trinajstić information content (AvgIpc) is 2.42. The quantitative estimate of drug-likeness (QED) is 0.626. The van der Waals surface area contributed by atoms with E-state index in [0.717, 1.165) is 5.56 Å². The topological polar surface area (TPSA) is 45.0 Å². The van der Waals surface area contributed by atoms with Crippen LogP contribution in [0.2, 0.25) is 0 Å². The van der Waals surface area contributed by atoms with Crippen LogP contribution in [-0.2, 0) is 6.42 Å². The Morgan fingerprint density at radius 1 is 1.05 bits per heavy atom. The lowest BCUT2D eigenvalue weighted by molar-refractivity contribution is 0.470. The molecule has 0 atom stereocenters. The molecule has 0 saturated carbocycles. The molecule has 0 fully saturated rings. The largest absolute Gasteiger partial charge is 0.508 e. The van der Waals surface area contributed by atoms with E-state index < -0.39 is 0 Å². The summed E-state index contributed by atoms with van der Waals surface area (Å²) in [5, 5.41) is 17.7. The van der Waals surface area contributed by atoms with Crippen molar-refractivity contribution in [2.75, 3.05) is 0 Å². The highest BCUT2D eigenvalue weighted by atomic mass is 19.1. The van der Waals surface area contributed by atoms with Crippen molar-refractivity contribution in [3.8, 4) is 5.75 Å². The first kappa shape index (κ1) is 13.0. The highest BCUT2D eigenvalue weighted by Crippen LogP contribution is 2.25. The van der Waals surface area contributed by atoms with E-state index in [-0.39, 0.29) is 11.6 Å². The van der Waals surface area contributed by atoms with Crippen LogP contribution in [0.25, 0.3) is 0 Å². The van der Waals surface area contributed by atoms with E-state index in [1.165, 1.54) is 12.1 Å². The average molecular weight is 256 g/mol. The SMILES string of the molecule is C=CCc1cc(N=Nc2ccc(F)cc2)ccc1O.